The van der Waals surface area contributed by atoms with E-state index in [0.29, 0.717) is 25.6 Å². The molecule has 0 radical (unpaired) electrons. The molecule has 0 aliphatic heterocycles. The number of benzene rings is 1. The number of carbonyl (C=O) groups is 1. The topological polar surface area (TPSA) is 41.1 Å². The predicted molar refractivity (Wildman–Crippen MR) is 66.0 cm³/mol. The third-order valence-corrected chi connectivity index (χ3v) is 2.31. The van der Waals surface area contributed by atoms with Crippen LogP contribution in [-0.4, -0.2) is 18.5 Å². The van der Waals surface area contributed by atoms with Crippen molar-refractivity contribution in [1.82, 2.24) is 10.6 Å². The van der Waals surface area contributed by atoms with Gasteiger partial charge in [-0.3, -0.25) is 4.79 Å². The first-order valence-electron chi connectivity index (χ1n) is 5.82. The standard InChI is InChI=1S/C13H19FN2O/c1-10(2)15-8-7-13(17)16-9-11-3-5-12(14)6-4-11/h3-6,10,15H,7-9H2,1-2H3,(H,16,17). The molecule has 2 N–H and O–H groups in total. The highest BCUT2D eigenvalue weighted by Gasteiger charge is 2.01. The van der Waals surface area contributed by atoms with E-state index in [9.17, 15) is 9.18 Å². The lowest BCUT2D eigenvalue weighted by Crippen LogP contribution is -2.30. The Hall–Kier alpha value is -1.42. The molecular formula is C13H19FN2O. The molecule has 1 rings (SSSR count). The van der Waals surface area contributed by atoms with E-state index < -0.39 is 0 Å². The molecule has 17 heavy (non-hydrogen) atoms. The summed E-state index contributed by atoms with van der Waals surface area (Å²) in [6.07, 6.45) is 0.458. The zero-order valence-corrected chi connectivity index (χ0v) is 10.3. The van der Waals surface area contributed by atoms with Crippen LogP contribution in [0.1, 0.15) is 25.8 Å². The number of hydrogen-bond donors (Lipinski definition) is 2. The van der Waals surface area contributed by atoms with E-state index in [-0.39, 0.29) is 11.7 Å². The van der Waals surface area contributed by atoms with Gasteiger partial charge < -0.3 is 10.6 Å². The van der Waals surface area contributed by atoms with Gasteiger partial charge in [0.05, 0.1) is 0 Å². The van der Waals surface area contributed by atoms with Gasteiger partial charge in [-0.2, -0.15) is 0 Å². The van der Waals surface area contributed by atoms with Gasteiger partial charge in [0.25, 0.3) is 0 Å². The molecule has 0 atom stereocenters. The van der Waals surface area contributed by atoms with Gasteiger partial charge in [0.15, 0.2) is 0 Å². The highest BCUT2D eigenvalue weighted by Crippen LogP contribution is 2.01. The molecule has 1 aromatic carbocycles. The summed E-state index contributed by atoms with van der Waals surface area (Å²) in [5.41, 5.74) is 0.900. The smallest absolute Gasteiger partial charge is 0.221 e. The maximum Gasteiger partial charge on any atom is 0.221 e. The van der Waals surface area contributed by atoms with E-state index in [2.05, 4.69) is 10.6 Å². The molecule has 0 fully saturated rings. The number of rotatable bonds is 6. The predicted octanol–water partition coefficient (Wildman–Crippen LogP) is 1.83. The molecule has 1 aromatic rings. The van der Waals surface area contributed by atoms with Crippen molar-refractivity contribution in [2.75, 3.05) is 6.54 Å². The van der Waals surface area contributed by atoms with Crippen molar-refractivity contribution < 1.29 is 9.18 Å². The summed E-state index contributed by atoms with van der Waals surface area (Å²) >= 11 is 0. The monoisotopic (exact) mass is 238 g/mol. The van der Waals surface area contributed by atoms with Crippen molar-refractivity contribution in [2.45, 2.75) is 32.9 Å². The lowest BCUT2D eigenvalue weighted by Gasteiger charge is -2.08. The van der Waals surface area contributed by atoms with Crippen LogP contribution in [0.25, 0.3) is 0 Å². The van der Waals surface area contributed by atoms with Gasteiger partial charge in [-0.15, -0.1) is 0 Å². The molecular weight excluding hydrogens is 219 g/mol. The number of nitrogens with one attached hydrogen (secondary N) is 2. The van der Waals surface area contributed by atoms with Gasteiger partial charge >= 0.3 is 0 Å². The molecule has 1 amide bonds. The van der Waals surface area contributed by atoms with Crippen molar-refractivity contribution >= 4 is 5.91 Å². The molecule has 0 bridgehead atoms. The van der Waals surface area contributed by atoms with Crippen molar-refractivity contribution in [3.05, 3.63) is 35.6 Å². The van der Waals surface area contributed by atoms with Crippen LogP contribution >= 0.6 is 0 Å². The average Bonchev–Trinajstić information content (AvgIpc) is 2.28. The maximum atomic E-state index is 12.6. The lowest BCUT2D eigenvalue weighted by atomic mass is 10.2. The van der Waals surface area contributed by atoms with Crippen molar-refractivity contribution in [1.29, 1.82) is 0 Å². The van der Waals surface area contributed by atoms with Crippen LogP contribution in [0.15, 0.2) is 24.3 Å². The number of hydrogen-bond acceptors (Lipinski definition) is 2. The normalized spacial score (nSPS) is 10.6. The zero-order chi connectivity index (χ0) is 12.7. The number of halogens is 1. The molecule has 0 aliphatic rings. The second-order valence-corrected chi connectivity index (χ2v) is 4.26. The van der Waals surface area contributed by atoms with Crippen LogP contribution in [0.2, 0.25) is 0 Å². The Labute approximate surface area is 101 Å². The Kier molecular flexibility index (Phi) is 5.63. The lowest BCUT2D eigenvalue weighted by molar-refractivity contribution is -0.121. The van der Waals surface area contributed by atoms with Gasteiger partial charge in [0.1, 0.15) is 5.82 Å². The van der Waals surface area contributed by atoms with Gasteiger partial charge in [0.2, 0.25) is 5.91 Å². The molecule has 0 unspecified atom stereocenters. The Bertz CT molecular complexity index is 349. The molecule has 3 nitrogen and oxygen atoms in total. The Morgan fingerprint density at radius 1 is 1.29 bits per heavy atom. The van der Waals surface area contributed by atoms with Crippen LogP contribution in [0.5, 0.6) is 0 Å². The van der Waals surface area contributed by atoms with E-state index in [1.165, 1.54) is 12.1 Å². The summed E-state index contributed by atoms with van der Waals surface area (Å²) in [7, 11) is 0. The fourth-order valence-corrected chi connectivity index (χ4v) is 1.37. The Morgan fingerprint density at radius 3 is 2.53 bits per heavy atom. The van der Waals surface area contributed by atoms with Crippen LogP contribution in [-0.2, 0) is 11.3 Å². The molecule has 0 aliphatic carbocycles. The second kappa shape index (κ2) is 7.01. The molecule has 0 aromatic heterocycles. The highest BCUT2D eigenvalue weighted by atomic mass is 19.1. The first kappa shape index (κ1) is 13.6. The van der Waals surface area contributed by atoms with Crippen molar-refractivity contribution in [3.8, 4) is 0 Å². The van der Waals surface area contributed by atoms with Gasteiger partial charge in [-0.25, -0.2) is 4.39 Å². The third-order valence-electron chi connectivity index (χ3n) is 2.31. The van der Waals surface area contributed by atoms with E-state index >= 15 is 0 Å². The van der Waals surface area contributed by atoms with Crippen LogP contribution in [0, 0.1) is 5.82 Å². The molecule has 0 heterocycles. The third kappa shape index (κ3) is 6.02. The fraction of sp³-hybridized carbons (Fsp3) is 0.462. The quantitative estimate of drug-likeness (QED) is 0.794. The summed E-state index contributed by atoms with van der Waals surface area (Å²) in [5.74, 6) is -0.260. The highest BCUT2D eigenvalue weighted by molar-refractivity contribution is 5.76. The van der Waals surface area contributed by atoms with E-state index in [1.54, 1.807) is 12.1 Å². The SMILES string of the molecule is CC(C)NCCC(=O)NCc1ccc(F)cc1. The summed E-state index contributed by atoms with van der Waals surface area (Å²) < 4.78 is 12.6. The molecule has 94 valence electrons. The first-order chi connectivity index (χ1) is 8.08. The van der Waals surface area contributed by atoms with Gasteiger partial charge in [-0.05, 0) is 17.7 Å². The zero-order valence-electron chi connectivity index (χ0n) is 10.3. The fourth-order valence-electron chi connectivity index (χ4n) is 1.37. The minimum absolute atomic E-state index is 0.00229. The molecule has 0 saturated carbocycles. The maximum absolute atomic E-state index is 12.6. The first-order valence-corrected chi connectivity index (χ1v) is 5.82. The van der Waals surface area contributed by atoms with E-state index in [4.69, 9.17) is 0 Å². The molecule has 0 spiro atoms. The largest absolute Gasteiger partial charge is 0.352 e. The minimum atomic E-state index is -0.263. The number of amides is 1. The minimum Gasteiger partial charge on any atom is -0.352 e. The van der Waals surface area contributed by atoms with Crippen molar-refractivity contribution in [3.63, 3.8) is 0 Å². The van der Waals surface area contributed by atoms with Crippen LogP contribution in [0.3, 0.4) is 0 Å². The summed E-state index contributed by atoms with van der Waals surface area (Å²) in [6, 6.07) is 6.51. The second-order valence-electron chi connectivity index (χ2n) is 4.26. The van der Waals surface area contributed by atoms with E-state index in [1.807, 2.05) is 13.8 Å². The summed E-state index contributed by atoms with van der Waals surface area (Å²) in [6.45, 7) is 5.19. The van der Waals surface area contributed by atoms with Crippen molar-refractivity contribution in [2.24, 2.45) is 0 Å². The van der Waals surface area contributed by atoms with E-state index in [0.717, 1.165) is 5.56 Å². The summed E-state index contributed by atoms with van der Waals surface area (Å²) in [4.78, 5) is 11.4. The van der Waals surface area contributed by atoms with Gasteiger partial charge in [-0.1, -0.05) is 26.0 Å². The average molecular weight is 238 g/mol. The van der Waals surface area contributed by atoms with Gasteiger partial charge in [0, 0.05) is 25.6 Å². The Balaban J connectivity index is 2.21. The van der Waals surface area contributed by atoms with Crippen LogP contribution < -0.4 is 10.6 Å². The number of carbonyl (C=O) groups excluding carboxylic acids is 1. The molecule has 4 heteroatoms. The summed E-state index contributed by atoms with van der Waals surface area (Å²) in [5, 5.41) is 5.96. The Morgan fingerprint density at radius 2 is 1.94 bits per heavy atom. The van der Waals surface area contributed by atoms with Crippen LogP contribution in [0.4, 0.5) is 4.39 Å². The molecule has 0 saturated heterocycles.